The van der Waals surface area contributed by atoms with Gasteiger partial charge in [0.2, 0.25) is 0 Å². The van der Waals surface area contributed by atoms with Crippen LogP contribution in [0, 0.1) is 6.92 Å². The lowest BCUT2D eigenvalue weighted by Gasteiger charge is -2.11. The van der Waals surface area contributed by atoms with Crippen molar-refractivity contribution in [1.82, 2.24) is 30.2 Å². The maximum Gasteiger partial charge on any atom is 0.255 e. The number of methoxy groups -OCH3 is 1. The number of ether oxygens (including phenoxy) is 1. The molecular formula is C17H24N6O3. The fourth-order valence-corrected chi connectivity index (χ4v) is 3.10. The predicted octanol–water partition coefficient (Wildman–Crippen LogP) is 0.139. The van der Waals surface area contributed by atoms with Gasteiger partial charge in [-0.25, -0.2) is 0 Å². The number of amides is 2. The maximum absolute atomic E-state index is 12.5. The molecule has 26 heavy (non-hydrogen) atoms. The highest BCUT2D eigenvalue weighted by molar-refractivity contribution is 5.96. The average molecular weight is 360 g/mol. The first-order chi connectivity index (χ1) is 12.5. The third-order valence-electron chi connectivity index (χ3n) is 4.47. The zero-order chi connectivity index (χ0) is 18.7. The summed E-state index contributed by atoms with van der Waals surface area (Å²) in [6, 6.07) is -0.0962. The van der Waals surface area contributed by atoms with Gasteiger partial charge in [-0.3, -0.25) is 19.0 Å². The van der Waals surface area contributed by atoms with Gasteiger partial charge in [-0.15, -0.1) is 0 Å². The van der Waals surface area contributed by atoms with Gasteiger partial charge in [-0.2, -0.15) is 10.2 Å². The van der Waals surface area contributed by atoms with E-state index in [2.05, 4.69) is 20.8 Å². The highest BCUT2D eigenvalue weighted by Gasteiger charge is 2.29. The SMILES string of the molecule is CCn1cc(C(=O)N[C@H]2Cc3c(C(=O)NCCOC)cnn3C2)c(C)n1. The topological polar surface area (TPSA) is 103 Å². The Morgan fingerprint density at radius 1 is 1.35 bits per heavy atom. The van der Waals surface area contributed by atoms with Crippen molar-refractivity contribution in [3.8, 4) is 0 Å². The van der Waals surface area contributed by atoms with Crippen molar-refractivity contribution < 1.29 is 14.3 Å². The van der Waals surface area contributed by atoms with Crippen molar-refractivity contribution in [3.05, 3.63) is 34.9 Å². The van der Waals surface area contributed by atoms with Crippen molar-refractivity contribution in [2.24, 2.45) is 0 Å². The first-order valence-electron chi connectivity index (χ1n) is 8.70. The number of aromatic nitrogens is 4. The van der Waals surface area contributed by atoms with Crippen LogP contribution in [0.2, 0.25) is 0 Å². The van der Waals surface area contributed by atoms with Crippen LogP contribution in [-0.4, -0.2) is 57.7 Å². The zero-order valence-corrected chi connectivity index (χ0v) is 15.3. The second-order valence-electron chi connectivity index (χ2n) is 6.29. The molecule has 3 heterocycles. The number of nitrogens with one attached hydrogen (secondary N) is 2. The highest BCUT2D eigenvalue weighted by Crippen LogP contribution is 2.19. The van der Waals surface area contributed by atoms with Gasteiger partial charge in [0.15, 0.2) is 0 Å². The largest absolute Gasteiger partial charge is 0.383 e. The fourth-order valence-electron chi connectivity index (χ4n) is 3.10. The van der Waals surface area contributed by atoms with E-state index in [1.54, 1.807) is 28.9 Å². The molecule has 9 heteroatoms. The number of aryl methyl sites for hydroxylation is 2. The highest BCUT2D eigenvalue weighted by atomic mass is 16.5. The molecule has 3 rings (SSSR count). The Balaban J connectivity index is 1.63. The molecule has 1 aliphatic rings. The number of rotatable bonds is 7. The number of fused-ring (bicyclic) bond motifs is 1. The lowest BCUT2D eigenvalue weighted by atomic mass is 10.1. The van der Waals surface area contributed by atoms with Crippen LogP contribution in [0.1, 0.15) is 39.0 Å². The van der Waals surface area contributed by atoms with Gasteiger partial charge in [-0.1, -0.05) is 0 Å². The Kier molecular flexibility index (Phi) is 5.36. The van der Waals surface area contributed by atoms with Crippen LogP contribution in [0.15, 0.2) is 12.4 Å². The molecule has 9 nitrogen and oxygen atoms in total. The number of hydrogen-bond donors (Lipinski definition) is 2. The minimum absolute atomic E-state index is 0.0962. The van der Waals surface area contributed by atoms with E-state index >= 15 is 0 Å². The van der Waals surface area contributed by atoms with E-state index in [0.29, 0.717) is 49.5 Å². The standard InChI is InChI=1S/C17H24N6O3/c1-4-22-10-14(11(2)21-22)17(25)20-12-7-15-13(8-19-23(15)9-12)16(24)18-5-6-26-3/h8,10,12H,4-7,9H2,1-3H3,(H,18,24)(H,20,25)/t12-/m0/s1. The summed E-state index contributed by atoms with van der Waals surface area (Å²) in [5, 5.41) is 14.4. The van der Waals surface area contributed by atoms with Gasteiger partial charge in [0.1, 0.15) is 0 Å². The molecule has 1 aliphatic heterocycles. The van der Waals surface area contributed by atoms with E-state index in [-0.39, 0.29) is 17.9 Å². The average Bonchev–Trinajstić information content (AvgIpc) is 3.28. The second kappa shape index (κ2) is 7.69. The molecule has 0 aliphatic carbocycles. The van der Waals surface area contributed by atoms with Crippen molar-refractivity contribution in [1.29, 1.82) is 0 Å². The van der Waals surface area contributed by atoms with Crippen molar-refractivity contribution in [2.45, 2.75) is 39.4 Å². The van der Waals surface area contributed by atoms with Gasteiger partial charge in [0.25, 0.3) is 11.8 Å². The minimum atomic E-state index is -0.171. The zero-order valence-electron chi connectivity index (χ0n) is 15.3. The Hall–Kier alpha value is -2.68. The number of carbonyl (C=O) groups excluding carboxylic acids is 2. The van der Waals surface area contributed by atoms with Gasteiger partial charge in [0, 0.05) is 32.8 Å². The van der Waals surface area contributed by atoms with Crippen LogP contribution in [0.3, 0.4) is 0 Å². The normalized spacial score (nSPS) is 15.7. The Labute approximate surface area is 151 Å². The van der Waals surface area contributed by atoms with Crippen LogP contribution in [0.5, 0.6) is 0 Å². The van der Waals surface area contributed by atoms with E-state index in [0.717, 1.165) is 5.69 Å². The lowest BCUT2D eigenvalue weighted by Crippen LogP contribution is -2.36. The van der Waals surface area contributed by atoms with Gasteiger partial charge >= 0.3 is 0 Å². The minimum Gasteiger partial charge on any atom is -0.383 e. The van der Waals surface area contributed by atoms with Crippen molar-refractivity contribution in [2.75, 3.05) is 20.3 Å². The molecule has 0 saturated carbocycles. The molecule has 0 unspecified atom stereocenters. The van der Waals surface area contributed by atoms with E-state index in [1.807, 2.05) is 13.8 Å². The quantitative estimate of drug-likeness (QED) is 0.684. The van der Waals surface area contributed by atoms with Gasteiger partial charge in [-0.05, 0) is 13.8 Å². The summed E-state index contributed by atoms with van der Waals surface area (Å²) in [7, 11) is 1.59. The molecule has 0 radical (unpaired) electrons. The van der Waals surface area contributed by atoms with Crippen LogP contribution in [-0.2, 0) is 24.2 Å². The number of hydrogen-bond acceptors (Lipinski definition) is 5. The molecule has 0 saturated heterocycles. The summed E-state index contributed by atoms with van der Waals surface area (Å²) in [5.41, 5.74) is 2.67. The monoisotopic (exact) mass is 360 g/mol. The summed E-state index contributed by atoms with van der Waals surface area (Å²) in [5.74, 6) is -0.320. The fraction of sp³-hybridized carbons (Fsp3) is 0.529. The molecule has 0 bridgehead atoms. The number of carbonyl (C=O) groups is 2. The number of nitrogens with zero attached hydrogens (tertiary/aromatic N) is 4. The summed E-state index contributed by atoms with van der Waals surface area (Å²) >= 11 is 0. The summed E-state index contributed by atoms with van der Waals surface area (Å²) in [6.45, 7) is 5.97. The summed E-state index contributed by atoms with van der Waals surface area (Å²) < 4.78 is 8.45. The molecule has 0 aromatic carbocycles. The van der Waals surface area contributed by atoms with E-state index in [9.17, 15) is 9.59 Å². The summed E-state index contributed by atoms with van der Waals surface area (Å²) in [4.78, 5) is 24.8. The molecule has 2 aromatic rings. The Morgan fingerprint density at radius 3 is 2.85 bits per heavy atom. The van der Waals surface area contributed by atoms with Crippen LogP contribution in [0.25, 0.3) is 0 Å². The summed E-state index contributed by atoms with van der Waals surface area (Å²) in [6.07, 6.45) is 3.90. The smallest absolute Gasteiger partial charge is 0.255 e. The molecule has 0 fully saturated rings. The van der Waals surface area contributed by atoms with Gasteiger partial charge in [0.05, 0.1) is 47.9 Å². The van der Waals surface area contributed by atoms with E-state index in [1.165, 1.54) is 0 Å². The Bertz CT molecular complexity index is 810. The lowest BCUT2D eigenvalue weighted by molar-refractivity contribution is 0.0931. The third kappa shape index (κ3) is 3.62. The van der Waals surface area contributed by atoms with E-state index in [4.69, 9.17) is 4.74 Å². The molecular weight excluding hydrogens is 336 g/mol. The molecule has 2 N–H and O–H groups in total. The van der Waals surface area contributed by atoms with Crippen molar-refractivity contribution >= 4 is 11.8 Å². The van der Waals surface area contributed by atoms with Crippen LogP contribution in [0.4, 0.5) is 0 Å². The van der Waals surface area contributed by atoms with Gasteiger partial charge < -0.3 is 15.4 Å². The molecule has 2 amide bonds. The van der Waals surface area contributed by atoms with Crippen LogP contribution < -0.4 is 10.6 Å². The third-order valence-corrected chi connectivity index (χ3v) is 4.47. The molecule has 0 spiro atoms. The Morgan fingerprint density at radius 2 is 2.15 bits per heavy atom. The second-order valence-corrected chi connectivity index (χ2v) is 6.29. The predicted molar refractivity (Wildman–Crippen MR) is 94.0 cm³/mol. The maximum atomic E-state index is 12.5. The first-order valence-corrected chi connectivity index (χ1v) is 8.70. The molecule has 2 aromatic heterocycles. The van der Waals surface area contributed by atoms with Crippen molar-refractivity contribution in [3.63, 3.8) is 0 Å². The van der Waals surface area contributed by atoms with E-state index < -0.39 is 0 Å². The molecule has 140 valence electrons. The van der Waals surface area contributed by atoms with Crippen LogP contribution >= 0.6 is 0 Å². The first kappa shape index (κ1) is 18.1. The molecule has 1 atom stereocenters.